The van der Waals surface area contributed by atoms with Gasteiger partial charge in [-0.3, -0.25) is 4.72 Å². The van der Waals surface area contributed by atoms with Gasteiger partial charge in [-0.05, 0) is 54.3 Å². The van der Waals surface area contributed by atoms with Crippen molar-refractivity contribution in [1.29, 1.82) is 0 Å². The highest BCUT2D eigenvalue weighted by Crippen LogP contribution is 2.44. The molecule has 3 heterocycles. The second kappa shape index (κ2) is 10.4. The Hall–Kier alpha value is -2.60. The molecule has 5 rings (SSSR count). The molecule has 36 heavy (non-hydrogen) atoms. The van der Waals surface area contributed by atoms with Crippen LogP contribution in [-0.2, 0) is 16.2 Å². The van der Waals surface area contributed by atoms with Crippen LogP contribution in [0.2, 0.25) is 0 Å². The summed E-state index contributed by atoms with van der Waals surface area (Å²) in [6, 6.07) is 8.54. The van der Waals surface area contributed by atoms with Crippen LogP contribution in [0, 0.1) is 0 Å². The largest absolute Gasteiger partial charge is 0.493 e. The summed E-state index contributed by atoms with van der Waals surface area (Å²) in [7, 11) is -3.87. The van der Waals surface area contributed by atoms with Crippen LogP contribution < -0.4 is 14.8 Å². The third-order valence-electron chi connectivity index (χ3n) is 6.15. The number of thiazole rings is 1. The van der Waals surface area contributed by atoms with Crippen LogP contribution in [0.5, 0.6) is 5.75 Å². The van der Waals surface area contributed by atoms with Crippen LogP contribution in [0.4, 0.5) is 18.3 Å². The SMILES string of the molecule is Cl.O=S(=O)(Nc1nccs1)c1ccc2c(c1)OCCC2c1ccc(C(F)(F)F)cc1C1=CCNCC1. The first-order valence-corrected chi connectivity index (χ1v) is 13.4. The quantitative estimate of drug-likeness (QED) is 0.422. The minimum atomic E-state index is -4.44. The summed E-state index contributed by atoms with van der Waals surface area (Å²) in [5.41, 5.74) is 2.32. The number of benzene rings is 2. The highest BCUT2D eigenvalue weighted by atomic mass is 35.5. The first kappa shape index (κ1) is 26.5. The third-order valence-corrected chi connectivity index (χ3v) is 8.31. The Morgan fingerprint density at radius 3 is 2.64 bits per heavy atom. The standard InChI is InChI=1S/C24H22F3N3O3S2.ClH/c25-24(26,27)16-1-3-18(21(13-16)15-5-8-28-9-6-15)19-7-11-33-22-14-17(2-4-20(19)22)35(31,32)30-23-29-10-12-34-23;/h1-5,10,12-14,19,28H,6-9,11H2,(H,29,30);1H. The van der Waals surface area contributed by atoms with E-state index in [1.165, 1.54) is 35.7 Å². The van der Waals surface area contributed by atoms with Crippen molar-refractivity contribution in [2.24, 2.45) is 0 Å². The summed E-state index contributed by atoms with van der Waals surface area (Å²) >= 11 is 1.17. The number of nitrogens with zero attached hydrogens (tertiary/aromatic N) is 1. The van der Waals surface area contributed by atoms with Gasteiger partial charge in [0.15, 0.2) is 5.13 Å². The van der Waals surface area contributed by atoms with Gasteiger partial charge >= 0.3 is 6.18 Å². The Morgan fingerprint density at radius 2 is 1.94 bits per heavy atom. The van der Waals surface area contributed by atoms with E-state index in [1.807, 2.05) is 6.08 Å². The number of ether oxygens (including phenoxy) is 1. The normalized spacial score (nSPS) is 17.9. The van der Waals surface area contributed by atoms with Gasteiger partial charge in [-0.25, -0.2) is 13.4 Å². The summed E-state index contributed by atoms with van der Waals surface area (Å²) in [6.07, 6.45) is 0.192. The third kappa shape index (κ3) is 5.39. The molecular formula is C24H23ClF3N3O3S2. The summed E-state index contributed by atoms with van der Waals surface area (Å²) in [5, 5.41) is 5.12. The van der Waals surface area contributed by atoms with E-state index in [-0.39, 0.29) is 28.4 Å². The molecular weight excluding hydrogens is 535 g/mol. The molecule has 2 aliphatic heterocycles. The number of rotatable bonds is 5. The van der Waals surface area contributed by atoms with Crippen LogP contribution >= 0.6 is 23.7 Å². The van der Waals surface area contributed by atoms with Gasteiger partial charge in [0.2, 0.25) is 0 Å². The Morgan fingerprint density at radius 1 is 1.14 bits per heavy atom. The molecule has 0 saturated carbocycles. The van der Waals surface area contributed by atoms with Gasteiger partial charge in [0.05, 0.1) is 17.1 Å². The molecule has 0 bridgehead atoms. The predicted molar refractivity (Wildman–Crippen MR) is 135 cm³/mol. The van der Waals surface area contributed by atoms with E-state index in [2.05, 4.69) is 15.0 Å². The first-order chi connectivity index (χ1) is 16.7. The summed E-state index contributed by atoms with van der Waals surface area (Å²) in [6.45, 7) is 1.62. The fourth-order valence-electron chi connectivity index (χ4n) is 4.49. The van der Waals surface area contributed by atoms with Crippen LogP contribution in [0.25, 0.3) is 5.57 Å². The molecule has 1 atom stereocenters. The monoisotopic (exact) mass is 557 g/mol. The fourth-order valence-corrected chi connectivity index (χ4v) is 6.29. The molecule has 12 heteroatoms. The van der Waals surface area contributed by atoms with E-state index in [0.717, 1.165) is 22.8 Å². The zero-order valence-corrected chi connectivity index (χ0v) is 21.3. The molecule has 0 radical (unpaired) electrons. The Kier molecular flexibility index (Phi) is 7.65. The lowest BCUT2D eigenvalue weighted by atomic mass is 9.81. The molecule has 1 unspecified atom stereocenters. The van der Waals surface area contributed by atoms with E-state index in [0.29, 0.717) is 43.9 Å². The van der Waals surface area contributed by atoms with Crippen molar-refractivity contribution in [2.75, 3.05) is 24.4 Å². The number of hydrogen-bond acceptors (Lipinski definition) is 6. The topological polar surface area (TPSA) is 80.3 Å². The Labute approximate surface area is 217 Å². The molecule has 2 aliphatic rings. The Balaban J connectivity index is 0.00000304. The number of hydrogen-bond donors (Lipinski definition) is 2. The zero-order valence-electron chi connectivity index (χ0n) is 18.8. The van der Waals surface area contributed by atoms with E-state index in [4.69, 9.17) is 4.74 Å². The van der Waals surface area contributed by atoms with E-state index >= 15 is 0 Å². The summed E-state index contributed by atoms with van der Waals surface area (Å²) < 4.78 is 74.4. The van der Waals surface area contributed by atoms with Crippen molar-refractivity contribution in [3.8, 4) is 5.75 Å². The highest BCUT2D eigenvalue weighted by molar-refractivity contribution is 7.93. The number of halogens is 4. The fraction of sp³-hybridized carbons (Fsp3) is 0.292. The average Bonchev–Trinajstić information content (AvgIpc) is 3.35. The molecule has 6 nitrogen and oxygen atoms in total. The maximum atomic E-state index is 13.5. The van der Waals surface area contributed by atoms with E-state index < -0.39 is 21.8 Å². The lowest BCUT2D eigenvalue weighted by Gasteiger charge is -2.30. The molecule has 0 aliphatic carbocycles. The predicted octanol–water partition coefficient (Wildman–Crippen LogP) is 5.68. The number of anilines is 1. The highest BCUT2D eigenvalue weighted by Gasteiger charge is 2.33. The van der Waals surface area contributed by atoms with Gasteiger partial charge in [0.1, 0.15) is 5.75 Å². The lowest BCUT2D eigenvalue weighted by molar-refractivity contribution is -0.137. The number of alkyl halides is 3. The number of sulfonamides is 1. The van der Waals surface area contributed by atoms with Crippen molar-refractivity contribution in [3.05, 3.63) is 76.3 Å². The number of fused-ring (bicyclic) bond motifs is 1. The average molecular weight is 558 g/mol. The van der Waals surface area contributed by atoms with Gasteiger partial charge in [0, 0.05) is 35.7 Å². The molecule has 0 fully saturated rings. The zero-order chi connectivity index (χ0) is 24.6. The minimum absolute atomic E-state index is 0. The van der Waals surface area contributed by atoms with Gasteiger partial charge in [-0.1, -0.05) is 18.2 Å². The molecule has 0 saturated heterocycles. The molecule has 2 N–H and O–H groups in total. The van der Waals surface area contributed by atoms with Crippen LogP contribution in [0.15, 0.2) is 58.9 Å². The second-order valence-electron chi connectivity index (χ2n) is 8.32. The van der Waals surface area contributed by atoms with Gasteiger partial charge in [-0.2, -0.15) is 13.2 Å². The second-order valence-corrected chi connectivity index (χ2v) is 10.9. The van der Waals surface area contributed by atoms with Crippen molar-refractivity contribution in [3.63, 3.8) is 0 Å². The summed E-state index contributed by atoms with van der Waals surface area (Å²) in [5.74, 6) is 0.184. The van der Waals surface area contributed by atoms with E-state index in [1.54, 1.807) is 17.5 Å². The van der Waals surface area contributed by atoms with Gasteiger partial charge in [-0.15, -0.1) is 23.7 Å². The lowest BCUT2D eigenvalue weighted by Crippen LogP contribution is -2.22. The Bertz CT molecular complexity index is 1380. The molecule has 2 aromatic carbocycles. The minimum Gasteiger partial charge on any atom is -0.493 e. The number of nitrogens with one attached hydrogen (secondary N) is 2. The first-order valence-electron chi connectivity index (χ1n) is 11.0. The van der Waals surface area contributed by atoms with Crippen LogP contribution in [0.3, 0.4) is 0 Å². The number of aromatic nitrogens is 1. The van der Waals surface area contributed by atoms with Crippen molar-refractivity contribution in [1.82, 2.24) is 10.3 Å². The van der Waals surface area contributed by atoms with Gasteiger partial charge in [0.25, 0.3) is 10.0 Å². The maximum absolute atomic E-state index is 13.5. The van der Waals surface area contributed by atoms with Gasteiger partial charge < -0.3 is 10.1 Å². The van der Waals surface area contributed by atoms with Crippen LogP contribution in [0.1, 0.15) is 41.0 Å². The maximum Gasteiger partial charge on any atom is 0.416 e. The van der Waals surface area contributed by atoms with Crippen molar-refractivity contribution in [2.45, 2.75) is 29.8 Å². The van der Waals surface area contributed by atoms with Crippen LogP contribution in [-0.4, -0.2) is 33.1 Å². The molecule has 0 spiro atoms. The summed E-state index contributed by atoms with van der Waals surface area (Å²) in [4.78, 5) is 3.98. The molecule has 1 aromatic heterocycles. The molecule has 3 aromatic rings. The molecule has 192 valence electrons. The van der Waals surface area contributed by atoms with E-state index in [9.17, 15) is 21.6 Å². The van der Waals surface area contributed by atoms with Crippen molar-refractivity contribution < 1.29 is 26.3 Å². The van der Waals surface area contributed by atoms with Crippen molar-refractivity contribution >= 4 is 44.5 Å². The molecule has 0 amide bonds. The smallest absolute Gasteiger partial charge is 0.416 e.